The zero-order valence-electron chi connectivity index (χ0n) is 5.73. The lowest BCUT2D eigenvalue weighted by Crippen LogP contribution is -1.98. The highest BCUT2D eigenvalue weighted by Crippen LogP contribution is 2.47. The molecule has 3 nitrogen and oxygen atoms in total. The average Bonchev–Trinajstić information content (AvgIpc) is 2.60. The van der Waals surface area contributed by atoms with E-state index >= 15 is 0 Å². The summed E-state index contributed by atoms with van der Waals surface area (Å²) in [5.41, 5.74) is 2.69. The Bertz CT molecular complexity index is 270. The molecule has 0 unspecified atom stereocenters. The number of aromatic nitrogens is 1. The summed E-state index contributed by atoms with van der Waals surface area (Å²) in [4.78, 5) is 14.5. The summed E-state index contributed by atoms with van der Waals surface area (Å²) in [7, 11) is 0. The minimum atomic E-state index is -0.692. The maximum atomic E-state index is 10.4. The van der Waals surface area contributed by atoms with Gasteiger partial charge < -0.3 is 5.11 Å². The van der Waals surface area contributed by atoms with Gasteiger partial charge in [0.25, 0.3) is 0 Å². The largest absolute Gasteiger partial charge is 0.481 e. The number of carboxylic acids is 1. The molecule has 2 atom stereocenters. The molecule has 1 saturated carbocycles. The van der Waals surface area contributed by atoms with Crippen LogP contribution in [0, 0.1) is 5.92 Å². The van der Waals surface area contributed by atoms with Crippen molar-refractivity contribution in [2.24, 2.45) is 5.92 Å². The molecule has 58 valence electrons. The van der Waals surface area contributed by atoms with Crippen molar-refractivity contribution >= 4 is 17.3 Å². The normalized spacial score (nSPS) is 28.4. The fraction of sp³-hybridized carbons (Fsp3) is 0.429. The number of carbonyl (C=O) groups is 1. The molecule has 0 aromatic carbocycles. The Balaban J connectivity index is 2.08. The van der Waals surface area contributed by atoms with Crippen LogP contribution in [0.15, 0.2) is 10.9 Å². The molecule has 1 aromatic heterocycles. The van der Waals surface area contributed by atoms with Crippen LogP contribution in [0.3, 0.4) is 0 Å². The number of hydrogen-bond donors (Lipinski definition) is 1. The van der Waals surface area contributed by atoms with Crippen molar-refractivity contribution < 1.29 is 9.90 Å². The van der Waals surface area contributed by atoms with Gasteiger partial charge in [-0.1, -0.05) is 0 Å². The van der Waals surface area contributed by atoms with E-state index in [1.165, 1.54) is 11.3 Å². The van der Waals surface area contributed by atoms with E-state index in [9.17, 15) is 4.79 Å². The lowest BCUT2D eigenvalue weighted by molar-refractivity contribution is -0.138. The van der Waals surface area contributed by atoms with Crippen molar-refractivity contribution in [3.63, 3.8) is 0 Å². The quantitative estimate of drug-likeness (QED) is 0.726. The van der Waals surface area contributed by atoms with Crippen LogP contribution in [0.1, 0.15) is 18.0 Å². The fourth-order valence-electron chi connectivity index (χ4n) is 1.20. The van der Waals surface area contributed by atoms with Crippen LogP contribution in [0.25, 0.3) is 0 Å². The summed E-state index contributed by atoms with van der Waals surface area (Å²) in [5.74, 6) is -0.668. The van der Waals surface area contributed by atoms with E-state index in [0.29, 0.717) is 0 Å². The molecule has 11 heavy (non-hydrogen) atoms. The first-order valence-corrected chi connectivity index (χ1v) is 4.34. The van der Waals surface area contributed by atoms with Gasteiger partial charge in [0.1, 0.15) is 0 Å². The third kappa shape index (κ3) is 1.14. The van der Waals surface area contributed by atoms with Gasteiger partial charge in [0, 0.05) is 11.3 Å². The lowest BCUT2D eigenvalue weighted by atomic mass is 10.2. The molecule has 0 amide bonds. The second-order valence-electron chi connectivity index (χ2n) is 2.70. The average molecular weight is 169 g/mol. The van der Waals surface area contributed by atoms with E-state index in [2.05, 4.69) is 4.98 Å². The molecule has 1 fully saturated rings. The first kappa shape index (κ1) is 6.79. The highest BCUT2D eigenvalue weighted by Gasteiger charge is 2.45. The predicted octanol–water partition coefficient (Wildman–Crippen LogP) is 1.33. The Kier molecular flexibility index (Phi) is 1.42. The van der Waals surface area contributed by atoms with Gasteiger partial charge in [0.2, 0.25) is 0 Å². The molecule has 0 aliphatic heterocycles. The second kappa shape index (κ2) is 2.30. The van der Waals surface area contributed by atoms with Gasteiger partial charge in [-0.25, -0.2) is 4.98 Å². The number of thiazole rings is 1. The van der Waals surface area contributed by atoms with Gasteiger partial charge in [0.05, 0.1) is 17.1 Å². The van der Waals surface area contributed by atoms with Crippen molar-refractivity contribution in [2.75, 3.05) is 0 Å². The molecule has 1 aliphatic rings. The van der Waals surface area contributed by atoms with Crippen LogP contribution in [-0.4, -0.2) is 16.1 Å². The molecule has 0 bridgehead atoms. The standard InChI is InChI=1S/C7H7NO2S/c9-7(10)5-1-4(5)6-2-11-3-8-6/h2-5H,1H2,(H,9,10)/t4-,5-/m0/s1. The van der Waals surface area contributed by atoms with Crippen LogP contribution in [0.4, 0.5) is 0 Å². The number of hydrogen-bond acceptors (Lipinski definition) is 3. The molecule has 1 aliphatic carbocycles. The maximum absolute atomic E-state index is 10.4. The number of rotatable bonds is 2. The van der Waals surface area contributed by atoms with Crippen LogP contribution in [0.2, 0.25) is 0 Å². The van der Waals surface area contributed by atoms with E-state index in [4.69, 9.17) is 5.11 Å². The molecular weight excluding hydrogens is 162 g/mol. The lowest BCUT2D eigenvalue weighted by Gasteiger charge is -1.88. The Morgan fingerprint density at radius 2 is 2.64 bits per heavy atom. The van der Waals surface area contributed by atoms with Crippen molar-refractivity contribution in [2.45, 2.75) is 12.3 Å². The molecule has 4 heteroatoms. The van der Waals surface area contributed by atoms with Gasteiger partial charge in [-0.05, 0) is 6.42 Å². The molecule has 1 heterocycles. The van der Waals surface area contributed by atoms with E-state index in [-0.39, 0.29) is 11.8 Å². The van der Waals surface area contributed by atoms with Gasteiger partial charge >= 0.3 is 5.97 Å². The van der Waals surface area contributed by atoms with Crippen LogP contribution in [0.5, 0.6) is 0 Å². The number of nitrogens with zero attached hydrogens (tertiary/aromatic N) is 1. The molecule has 0 saturated heterocycles. The summed E-state index contributed by atoms with van der Waals surface area (Å²) in [5, 5.41) is 10.5. The first-order valence-electron chi connectivity index (χ1n) is 3.40. The first-order chi connectivity index (χ1) is 5.29. The summed E-state index contributed by atoms with van der Waals surface area (Å²) < 4.78 is 0. The Morgan fingerprint density at radius 1 is 1.82 bits per heavy atom. The second-order valence-corrected chi connectivity index (χ2v) is 3.42. The van der Waals surface area contributed by atoms with E-state index < -0.39 is 5.97 Å². The smallest absolute Gasteiger partial charge is 0.307 e. The SMILES string of the molecule is O=C(O)[C@H]1C[C@@H]1c1cscn1. The number of carboxylic acid groups (broad SMARTS) is 1. The van der Waals surface area contributed by atoms with Gasteiger partial charge in [-0.3, -0.25) is 4.79 Å². The highest BCUT2D eigenvalue weighted by atomic mass is 32.1. The molecule has 0 radical (unpaired) electrons. The van der Waals surface area contributed by atoms with Crippen LogP contribution >= 0.6 is 11.3 Å². The zero-order valence-corrected chi connectivity index (χ0v) is 6.54. The van der Waals surface area contributed by atoms with Crippen LogP contribution < -0.4 is 0 Å². The van der Waals surface area contributed by atoms with E-state index in [1.54, 1.807) is 5.51 Å². The van der Waals surface area contributed by atoms with Gasteiger partial charge in [-0.15, -0.1) is 11.3 Å². The van der Waals surface area contributed by atoms with Crippen molar-refractivity contribution in [3.05, 3.63) is 16.6 Å². The van der Waals surface area contributed by atoms with Gasteiger partial charge in [0.15, 0.2) is 0 Å². The molecule has 2 rings (SSSR count). The number of aliphatic carboxylic acids is 1. The van der Waals surface area contributed by atoms with Gasteiger partial charge in [-0.2, -0.15) is 0 Å². The minimum absolute atomic E-state index is 0.169. The minimum Gasteiger partial charge on any atom is -0.481 e. The Morgan fingerprint density at radius 3 is 3.09 bits per heavy atom. The summed E-state index contributed by atoms with van der Waals surface area (Å²) in [6.45, 7) is 0. The van der Waals surface area contributed by atoms with Crippen molar-refractivity contribution in [1.29, 1.82) is 0 Å². The predicted molar refractivity (Wildman–Crippen MR) is 40.6 cm³/mol. The molecule has 1 N–H and O–H groups in total. The summed E-state index contributed by atoms with van der Waals surface area (Å²) >= 11 is 1.52. The molecule has 1 aromatic rings. The summed E-state index contributed by atoms with van der Waals surface area (Å²) in [6.07, 6.45) is 0.763. The molecule has 0 spiro atoms. The van der Waals surface area contributed by atoms with Crippen LogP contribution in [-0.2, 0) is 4.79 Å². The Labute approximate surface area is 67.7 Å². The molecular formula is C7H7NO2S. The fourth-order valence-corrected chi connectivity index (χ4v) is 1.82. The monoisotopic (exact) mass is 169 g/mol. The van der Waals surface area contributed by atoms with Crippen molar-refractivity contribution in [1.82, 2.24) is 4.98 Å². The third-order valence-electron chi connectivity index (χ3n) is 1.94. The highest BCUT2D eigenvalue weighted by molar-refractivity contribution is 7.07. The van der Waals surface area contributed by atoms with E-state index in [0.717, 1.165) is 12.1 Å². The summed E-state index contributed by atoms with van der Waals surface area (Å²) in [6, 6.07) is 0. The van der Waals surface area contributed by atoms with Crippen molar-refractivity contribution in [3.8, 4) is 0 Å². The Hall–Kier alpha value is -0.900. The zero-order chi connectivity index (χ0) is 7.84. The third-order valence-corrected chi connectivity index (χ3v) is 2.54. The maximum Gasteiger partial charge on any atom is 0.307 e. The van der Waals surface area contributed by atoms with E-state index in [1.807, 2.05) is 5.38 Å². The topological polar surface area (TPSA) is 50.2 Å².